The van der Waals surface area contributed by atoms with Crippen molar-refractivity contribution in [3.63, 3.8) is 0 Å². The third-order valence-electron chi connectivity index (χ3n) is 5.53. The Labute approximate surface area is 213 Å². The van der Waals surface area contributed by atoms with Crippen LogP contribution in [0.1, 0.15) is 26.9 Å². The van der Waals surface area contributed by atoms with E-state index in [1.807, 2.05) is 0 Å². The fourth-order valence-electron chi connectivity index (χ4n) is 3.82. The molecule has 3 heterocycles. The highest BCUT2D eigenvalue weighted by Crippen LogP contribution is 2.37. The molecule has 1 aliphatic rings. The van der Waals surface area contributed by atoms with Crippen LogP contribution in [0.15, 0.2) is 67.0 Å². The number of carbonyl (C=O) groups excluding carboxylic acids is 2. The first-order valence-corrected chi connectivity index (χ1v) is 11.5. The number of halogens is 3. The second-order valence-electron chi connectivity index (χ2n) is 7.82. The molecule has 184 valence electrons. The average Bonchev–Trinajstić information content (AvgIpc) is 3.44. The van der Waals surface area contributed by atoms with E-state index < -0.39 is 36.5 Å². The largest absolute Gasteiger partial charge is 0.459 e. The second kappa shape index (κ2) is 10.2. The molecule has 1 fully saturated rings. The lowest BCUT2D eigenvalue weighted by molar-refractivity contribution is -0.0570. The quantitative estimate of drug-likeness (QED) is 0.204. The number of esters is 2. The Bertz CT molecular complexity index is 1410. The number of imidazole rings is 1. The zero-order valence-electron chi connectivity index (χ0n) is 18.3. The fraction of sp³-hybridized carbons (Fsp3) is 0.208. The SMILES string of the molecule is O=C(OC[C@H]1O[C@@H](n2cnc3c(Cl)nc(Cl)nc32)[C@H](F)[C@@H]1OC(=O)c1ccccc1)c1ccccc1. The molecule has 1 aliphatic heterocycles. The molecule has 12 heteroatoms. The van der Waals surface area contributed by atoms with Crippen molar-refractivity contribution in [2.75, 3.05) is 6.61 Å². The summed E-state index contributed by atoms with van der Waals surface area (Å²) in [6.45, 7) is -0.374. The molecule has 0 unspecified atom stereocenters. The molecule has 2 aromatic carbocycles. The molecule has 0 saturated carbocycles. The minimum Gasteiger partial charge on any atom is -0.459 e. The summed E-state index contributed by atoms with van der Waals surface area (Å²) in [5.41, 5.74) is 0.854. The highest BCUT2D eigenvalue weighted by Gasteiger charge is 2.50. The van der Waals surface area contributed by atoms with E-state index in [0.717, 1.165) is 0 Å². The van der Waals surface area contributed by atoms with E-state index in [9.17, 15) is 9.59 Å². The van der Waals surface area contributed by atoms with Crippen molar-refractivity contribution in [3.05, 3.63) is 88.6 Å². The van der Waals surface area contributed by atoms with E-state index in [2.05, 4.69) is 15.0 Å². The fourth-order valence-corrected chi connectivity index (χ4v) is 4.24. The van der Waals surface area contributed by atoms with Gasteiger partial charge in [-0.25, -0.2) is 23.9 Å². The number of nitrogens with zero attached hydrogens (tertiary/aromatic N) is 4. The van der Waals surface area contributed by atoms with Gasteiger partial charge in [0.2, 0.25) is 5.28 Å². The van der Waals surface area contributed by atoms with Crippen LogP contribution >= 0.6 is 23.2 Å². The standard InChI is InChI=1S/C24H17Cl2FN4O5/c25-19-17-20(30-24(26)29-19)31(12-28-17)21-16(27)18(36-23(33)14-9-5-2-6-10-14)15(35-21)11-34-22(32)13-7-3-1-4-8-13/h1-10,12,15-16,18,21H,11H2/t15-,16-,18-,21-/m1/s1. The number of benzene rings is 2. The molecular weight excluding hydrogens is 514 g/mol. The number of carbonyl (C=O) groups is 2. The Kier molecular flexibility index (Phi) is 6.82. The van der Waals surface area contributed by atoms with Gasteiger partial charge < -0.3 is 14.2 Å². The van der Waals surface area contributed by atoms with Gasteiger partial charge in [-0.3, -0.25) is 4.57 Å². The lowest BCUT2D eigenvalue weighted by Crippen LogP contribution is -2.37. The van der Waals surface area contributed by atoms with Gasteiger partial charge in [0.25, 0.3) is 0 Å². The number of hydrogen-bond acceptors (Lipinski definition) is 8. The summed E-state index contributed by atoms with van der Waals surface area (Å²) in [6, 6.07) is 16.4. The Hall–Kier alpha value is -3.60. The molecule has 0 bridgehead atoms. The van der Waals surface area contributed by atoms with Crippen LogP contribution in [0, 0.1) is 0 Å². The van der Waals surface area contributed by atoms with Crippen LogP contribution in [0.2, 0.25) is 10.4 Å². The van der Waals surface area contributed by atoms with Gasteiger partial charge in [-0.15, -0.1) is 0 Å². The number of alkyl halides is 1. The predicted octanol–water partition coefficient (Wildman–Crippen LogP) is 4.45. The van der Waals surface area contributed by atoms with Crippen molar-refractivity contribution < 1.29 is 28.2 Å². The van der Waals surface area contributed by atoms with Crippen LogP contribution in [0.4, 0.5) is 4.39 Å². The zero-order valence-corrected chi connectivity index (χ0v) is 19.8. The predicted molar refractivity (Wildman–Crippen MR) is 127 cm³/mol. The molecule has 0 radical (unpaired) electrons. The van der Waals surface area contributed by atoms with Gasteiger partial charge in [0.15, 0.2) is 29.3 Å². The molecule has 4 atom stereocenters. The lowest BCUT2D eigenvalue weighted by atomic mass is 10.1. The molecule has 5 rings (SSSR count). The molecule has 36 heavy (non-hydrogen) atoms. The summed E-state index contributed by atoms with van der Waals surface area (Å²) in [7, 11) is 0. The van der Waals surface area contributed by atoms with E-state index >= 15 is 4.39 Å². The zero-order chi connectivity index (χ0) is 25.2. The van der Waals surface area contributed by atoms with Crippen LogP contribution in [0.5, 0.6) is 0 Å². The van der Waals surface area contributed by atoms with E-state index in [-0.39, 0.29) is 33.8 Å². The Morgan fingerprint density at radius 1 is 0.972 bits per heavy atom. The lowest BCUT2D eigenvalue weighted by Gasteiger charge is -2.19. The highest BCUT2D eigenvalue weighted by atomic mass is 35.5. The van der Waals surface area contributed by atoms with Crippen molar-refractivity contribution in [3.8, 4) is 0 Å². The van der Waals surface area contributed by atoms with Crippen LogP contribution in [0.25, 0.3) is 11.2 Å². The number of hydrogen-bond donors (Lipinski definition) is 0. The first-order valence-electron chi connectivity index (χ1n) is 10.8. The van der Waals surface area contributed by atoms with Gasteiger partial charge in [-0.05, 0) is 35.9 Å². The Morgan fingerprint density at radius 3 is 2.28 bits per heavy atom. The van der Waals surface area contributed by atoms with Crippen molar-refractivity contribution in [2.45, 2.75) is 24.6 Å². The second-order valence-corrected chi connectivity index (χ2v) is 8.51. The van der Waals surface area contributed by atoms with E-state index in [0.29, 0.717) is 5.56 Å². The van der Waals surface area contributed by atoms with Crippen LogP contribution in [0.3, 0.4) is 0 Å². The number of aromatic nitrogens is 4. The van der Waals surface area contributed by atoms with Crippen molar-refractivity contribution >= 4 is 46.3 Å². The van der Waals surface area contributed by atoms with Crippen LogP contribution < -0.4 is 0 Å². The molecular formula is C24H17Cl2FN4O5. The number of fused-ring (bicyclic) bond motifs is 1. The molecule has 0 N–H and O–H groups in total. The summed E-state index contributed by atoms with van der Waals surface area (Å²) in [4.78, 5) is 37.2. The maximum Gasteiger partial charge on any atom is 0.338 e. The molecule has 1 saturated heterocycles. The van der Waals surface area contributed by atoms with E-state index in [1.165, 1.54) is 23.0 Å². The van der Waals surface area contributed by atoms with Gasteiger partial charge in [-0.1, -0.05) is 48.0 Å². The summed E-state index contributed by atoms with van der Waals surface area (Å²) >= 11 is 12.0. The maximum atomic E-state index is 15.8. The van der Waals surface area contributed by atoms with Crippen LogP contribution in [-0.2, 0) is 14.2 Å². The molecule has 0 spiro atoms. The minimum absolute atomic E-state index is 0.0162. The van der Waals surface area contributed by atoms with Crippen LogP contribution in [-0.4, -0.2) is 56.4 Å². The van der Waals surface area contributed by atoms with Crippen molar-refractivity contribution in [1.29, 1.82) is 0 Å². The first-order chi connectivity index (χ1) is 17.4. The van der Waals surface area contributed by atoms with Gasteiger partial charge in [0.1, 0.15) is 18.2 Å². The van der Waals surface area contributed by atoms with Gasteiger partial charge in [-0.2, -0.15) is 4.98 Å². The third kappa shape index (κ3) is 4.75. The molecule has 0 aliphatic carbocycles. The van der Waals surface area contributed by atoms with E-state index in [4.69, 9.17) is 37.4 Å². The van der Waals surface area contributed by atoms with Gasteiger partial charge in [0, 0.05) is 0 Å². The summed E-state index contributed by atoms with van der Waals surface area (Å²) < 4.78 is 33.8. The summed E-state index contributed by atoms with van der Waals surface area (Å²) in [5.74, 6) is -1.39. The number of rotatable bonds is 6. The molecule has 9 nitrogen and oxygen atoms in total. The number of ether oxygens (including phenoxy) is 3. The normalized spacial score (nSPS) is 21.4. The van der Waals surface area contributed by atoms with Gasteiger partial charge >= 0.3 is 11.9 Å². The topological polar surface area (TPSA) is 105 Å². The smallest absolute Gasteiger partial charge is 0.338 e. The maximum absolute atomic E-state index is 15.8. The third-order valence-corrected chi connectivity index (χ3v) is 5.97. The Balaban J connectivity index is 1.42. The molecule has 0 amide bonds. The molecule has 2 aromatic heterocycles. The van der Waals surface area contributed by atoms with Gasteiger partial charge in [0.05, 0.1) is 17.5 Å². The van der Waals surface area contributed by atoms with Crippen molar-refractivity contribution in [2.24, 2.45) is 0 Å². The minimum atomic E-state index is -1.87. The summed E-state index contributed by atoms with van der Waals surface area (Å²) in [5, 5.41) is -0.180. The summed E-state index contributed by atoms with van der Waals surface area (Å²) in [6.07, 6.45) is -4.46. The van der Waals surface area contributed by atoms with Crippen molar-refractivity contribution in [1.82, 2.24) is 19.5 Å². The monoisotopic (exact) mass is 530 g/mol. The molecule has 4 aromatic rings. The van der Waals surface area contributed by atoms with E-state index in [1.54, 1.807) is 48.5 Å². The Morgan fingerprint density at radius 2 is 1.61 bits per heavy atom. The highest BCUT2D eigenvalue weighted by molar-refractivity contribution is 6.35. The first kappa shape index (κ1) is 24.1. The average molecular weight is 531 g/mol.